The van der Waals surface area contributed by atoms with E-state index in [1.165, 1.54) is 0 Å². The molecule has 0 saturated heterocycles. The van der Waals surface area contributed by atoms with Gasteiger partial charge in [-0.05, 0) is 56.4 Å². The maximum Gasteiger partial charge on any atom is 0.338 e. The molecule has 1 aromatic carbocycles. The zero-order valence-electron chi connectivity index (χ0n) is 18.3. The van der Waals surface area contributed by atoms with E-state index in [0.717, 1.165) is 13.1 Å². The van der Waals surface area contributed by atoms with Gasteiger partial charge in [-0.25, -0.2) is 9.78 Å². The average molecular weight is 425 g/mol. The lowest BCUT2D eigenvalue weighted by molar-refractivity contribution is 0.0466. The fourth-order valence-corrected chi connectivity index (χ4v) is 3.36. The molecular weight excluding hydrogens is 396 g/mol. The normalized spacial score (nSPS) is 11.0. The Labute approximate surface area is 181 Å². The minimum absolute atomic E-state index is 0.298. The number of pyridine rings is 1. The van der Waals surface area contributed by atoms with Crippen LogP contribution in [-0.2, 0) is 4.74 Å². The number of benzene rings is 1. The van der Waals surface area contributed by atoms with Gasteiger partial charge in [0.15, 0.2) is 11.4 Å². The largest absolute Gasteiger partial charge is 0.493 e. The van der Waals surface area contributed by atoms with Crippen LogP contribution in [0.15, 0.2) is 42.6 Å². The van der Waals surface area contributed by atoms with Crippen molar-refractivity contribution in [2.24, 2.45) is 0 Å². The molecule has 8 heteroatoms. The second-order valence-corrected chi connectivity index (χ2v) is 7.01. The SMILES string of the molecule is CCN(CC)CCOC(=O)c1ccc(NC(=O)c2c(C)nc3c(OC)cccn23)cc1. The monoisotopic (exact) mass is 424 g/mol. The maximum absolute atomic E-state index is 12.9. The Balaban J connectivity index is 1.66. The summed E-state index contributed by atoms with van der Waals surface area (Å²) in [7, 11) is 1.56. The lowest BCUT2D eigenvalue weighted by Gasteiger charge is -2.17. The molecule has 0 aliphatic heterocycles. The summed E-state index contributed by atoms with van der Waals surface area (Å²) in [5, 5.41) is 2.85. The molecule has 0 saturated carbocycles. The molecule has 0 spiro atoms. The van der Waals surface area contributed by atoms with Crippen molar-refractivity contribution in [1.82, 2.24) is 14.3 Å². The third-order valence-electron chi connectivity index (χ3n) is 5.14. The first kappa shape index (κ1) is 22.3. The number of esters is 1. The van der Waals surface area contributed by atoms with Gasteiger partial charge in [-0.3, -0.25) is 9.20 Å². The number of nitrogens with zero attached hydrogens (tertiary/aromatic N) is 3. The number of amides is 1. The van der Waals surface area contributed by atoms with E-state index in [4.69, 9.17) is 9.47 Å². The molecule has 0 unspecified atom stereocenters. The molecule has 0 fully saturated rings. The number of rotatable bonds is 9. The Hall–Kier alpha value is -3.39. The predicted octanol–water partition coefficient (Wildman–Crippen LogP) is 3.40. The number of anilines is 1. The van der Waals surface area contributed by atoms with Gasteiger partial charge in [0.2, 0.25) is 0 Å². The van der Waals surface area contributed by atoms with Crippen LogP contribution in [0.25, 0.3) is 5.65 Å². The summed E-state index contributed by atoms with van der Waals surface area (Å²) in [4.78, 5) is 31.7. The molecule has 0 aliphatic rings. The molecule has 0 aliphatic carbocycles. The third kappa shape index (κ3) is 5.03. The number of fused-ring (bicyclic) bond motifs is 1. The number of aryl methyl sites for hydroxylation is 1. The average Bonchev–Trinajstić information content (AvgIpc) is 3.13. The van der Waals surface area contributed by atoms with Gasteiger partial charge in [-0.1, -0.05) is 13.8 Å². The fourth-order valence-electron chi connectivity index (χ4n) is 3.36. The zero-order chi connectivity index (χ0) is 22.4. The smallest absolute Gasteiger partial charge is 0.338 e. The number of nitrogens with one attached hydrogen (secondary N) is 1. The van der Waals surface area contributed by atoms with Gasteiger partial charge >= 0.3 is 5.97 Å². The van der Waals surface area contributed by atoms with Crippen LogP contribution in [0.3, 0.4) is 0 Å². The number of likely N-dealkylation sites (N-methyl/N-ethyl adjacent to an activating group) is 1. The molecule has 3 aromatic rings. The first-order chi connectivity index (χ1) is 15.0. The highest BCUT2D eigenvalue weighted by Gasteiger charge is 2.19. The van der Waals surface area contributed by atoms with E-state index in [-0.39, 0.29) is 11.9 Å². The highest BCUT2D eigenvalue weighted by atomic mass is 16.5. The van der Waals surface area contributed by atoms with Crippen molar-refractivity contribution in [1.29, 1.82) is 0 Å². The van der Waals surface area contributed by atoms with Gasteiger partial charge < -0.3 is 19.7 Å². The standard InChI is InChI=1S/C23H28N4O4/c1-5-26(6-2)14-15-31-23(29)17-9-11-18(12-10-17)25-22(28)20-16(3)24-21-19(30-4)8-7-13-27(20)21/h7-13H,5-6,14-15H2,1-4H3,(H,25,28). The quantitative estimate of drug-likeness (QED) is 0.530. The Morgan fingerprint density at radius 3 is 2.48 bits per heavy atom. The zero-order valence-corrected chi connectivity index (χ0v) is 18.3. The Morgan fingerprint density at radius 1 is 1.13 bits per heavy atom. The van der Waals surface area contributed by atoms with Gasteiger partial charge in [-0.15, -0.1) is 0 Å². The lowest BCUT2D eigenvalue weighted by atomic mass is 10.2. The molecule has 8 nitrogen and oxygen atoms in total. The number of hydrogen-bond donors (Lipinski definition) is 1. The van der Waals surface area contributed by atoms with Crippen LogP contribution in [0, 0.1) is 6.92 Å². The number of carbonyl (C=O) groups is 2. The summed E-state index contributed by atoms with van der Waals surface area (Å²) in [6.07, 6.45) is 1.77. The topological polar surface area (TPSA) is 85.2 Å². The minimum Gasteiger partial charge on any atom is -0.493 e. The van der Waals surface area contributed by atoms with Crippen LogP contribution in [0.4, 0.5) is 5.69 Å². The molecule has 2 aromatic heterocycles. The van der Waals surface area contributed by atoms with Gasteiger partial charge in [0.05, 0.1) is 18.4 Å². The van der Waals surface area contributed by atoms with Crippen molar-refractivity contribution < 1.29 is 19.1 Å². The summed E-state index contributed by atoms with van der Waals surface area (Å²) in [6.45, 7) is 8.81. The first-order valence-corrected chi connectivity index (χ1v) is 10.3. The Kier molecular flexibility index (Phi) is 7.25. The van der Waals surface area contributed by atoms with E-state index >= 15 is 0 Å². The molecule has 0 atom stereocenters. The van der Waals surface area contributed by atoms with E-state index in [1.807, 2.05) is 0 Å². The maximum atomic E-state index is 12.9. The molecule has 164 valence electrons. The van der Waals surface area contributed by atoms with Crippen LogP contribution >= 0.6 is 0 Å². The number of ether oxygens (including phenoxy) is 2. The van der Waals surface area contributed by atoms with Crippen LogP contribution in [0.1, 0.15) is 40.4 Å². The highest BCUT2D eigenvalue weighted by Crippen LogP contribution is 2.22. The Morgan fingerprint density at radius 2 is 1.84 bits per heavy atom. The number of carbonyl (C=O) groups excluding carboxylic acids is 2. The van der Waals surface area contributed by atoms with E-state index < -0.39 is 0 Å². The summed E-state index contributed by atoms with van der Waals surface area (Å²) < 4.78 is 12.4. The van der Waals surface area contributed by atoms with E-state index in [2.05, 4.69) is 29.0 Å². The fraction of sp³-hybridized carbons (Fsp3) is 0.348. The second-order valence-electron chi connectivity index (χ2n) is 7.01. The predicted molar refractivity (Wildman–Crippen MR) is 119 cm³/mol. The third-order valence-corrected chi connectivity index (χ3v) is 5.14. The lowest BCUT2D eigenvalue weighted by Crippen LogP contribution is -2.27. The van der Waals surface area contributed by atoms with Crippen molar-refractivity contribution in [3.8, 4) is 5.75 Å². The molecule has 1 amide bonds. The summed E-state index contributed by atoms with van der Waals surface area (Å²) in [5.41, 5.74) is 2.61. The molecule has 0 bridgehead atoms. The van der Waals surface area contributed by atoms with E-state index in [1.54, 1.807) is 61.0 Å². The summed E-state index contributed by atoms with van der Waals surface area (Å²) in [6, 6.07) is 10.2. The number of methoxy groups -OCH3 is 1. The van der Waals surface area contributed by atoms with Gasteiger partial charge in [0, 0.05) is 18.4 Å². The summed E-state index contributed by atoms with van der Waals surface area (Å²) >= 11 is 0. The molecule has 1 N–H and O–H groups in total. The molecule has 0 radical (unpaired) electrons. The van der Waals surface area contributed by atoms with Gasteiger partial charge in [-0.2, -0.15) is 0 Å². The van der Waals surface area contributed by atoms with Gasteiger partial charge in [0.25, 0.3) is 5.91 Å². The van der Waals surface area contributed by atoms with Crippen LogP contribution in [-0.4, -0.2) is 59.5 Å². The van der Waals surface area contributed by atoms with Crippen molar-refractivity contribution in [2.75, 3.05) is 38.7 Å². The number of imidazole rings is 1. The van der Waals surface area contributed by atoms with E-state index in [9.17, 15) is 9.59 Å². The van der Waals surface area contributed by atoms with Crippen molar-refractivity contribution >= 4 is 23.2 Å². The van der Waals surface area contributed by atoms with Crippen LogP contribution < -0.4 is 10.1 Å². The van der Waals surface area contributed by atoms with Gasteiger partial charge in [0.1, 0.15) is 12.3 Å². The van der Waals surface area contributed by atoms with E-state index in [0.29, 0.717) is 47.2 Å². The Bertz CT molecular complexity index is 1060. The van der Waals surface area contributed by atoms with Crippen molar-refractivity contribution in [3.63, 3.8) is 0 Å². The second kappa shape index (κ2) is 10.1. The molecule has 3 rings (SSSR count). The summed E-state index contributed by atoms with van der Waals surface area (Å²) in [5.74, 6) is -0.0870. The highest BCUT2D eigenvalue weighted by molar-refractivity contribution is 6.04. The van der Waals surface area contributed by atoms with Crippen molar-refractivity contribution in [2.45, 2.75) is 20.8 Å². The van der Waals surface area contributed by atoms with Crippen molar-refractivity contribution in [3.05, 3.63) is 59.5 Å². The minimum atomic E-state index is -0.380. The number of aromatic nitrogens is 2. The number of hydrogen-bond acceptors (Lipinski definition) is 6. The van der Waals surface area contributed by atoms with Crippen LogP contribution in [0.5, 0.6) is 5.75 Å². The molecule has 31 heavy (non-hydrogen) atoms. The molecule has 2 heterocycles. The molecular formula is C23H28N4O4. The van der Waals surface area contributed by atoms with Crippen LogP contribution in [0.2, 0.25) is 0 Å². The first-order valence-electron chi connectivity index (χ1n) is 10.3.